The molecule has 11 heavy (non-hydrogen) atoms. The smallest absolute Gasteiger partial charge is 0.194 e. The normalized spacial score (nSPS) is 29.0. The molecule has 2 atom stereocenters. The second kappa shape index (κ2) is 2.49. The topological polar surface area (TPSA) is 14.1 Å². The summed E-state index contributed by atoms with van der Waals surface area (Å²) >= 11 is 3.89. The lowest BCUT2D eigenvalue weighted by Crippen LogP contribution is -2.03. The highest BCUT2D eigenvalue weighted by molar-refractivity contribution is 8.00. The number of thioether (sulfide) groups is 1. The van der Waals surface area contributed by atoms with Crippen LogP contribution in [0.4, 0.5) is 0 Å². The number of hydrogen-bond acceptors (Lipinski definition) is 2. The van der Waals surface area contributed by atoms with E-state index in [1.54, 1.807) is 4.88 Å². The third kappa shape index (κ3) is 1.11. The number of fused-ring (bicyclic) bond motifs is 1. The summed E-state index contributed by atoms with van der Waals surface area (Å²) in [5.74, 6) is 0.741. The predicted molar refractivity (Wildman–Crippen MR) is 49.3 cm³/mol. The first-order valence-corrected chi connectivity index (χ1v) is 5.57. The summed E-state index contributed by atoms with van der Waals surface area (Å²) in [6.45, 7) is 6.75. The maximum atomic E-state index is 3.40. The van der Waals surface area contributed by atoms with Crippen molar-refractivity contribution in [2.75, 3.05) is 0 Å². The lowest BCUT2D eigenvalue weighted by Gasteiger charge is -2.04. The molecule has 1 unspecified atom stereocenters. The third-order valence-electron chi connectivity index (χ3n) is 2.20. The fraction of sp³-hybridized carbons (Fsp3) is 0.625. The minimum Gasteiger partial charge on any atom is -0.194 e. The molecule has 3 heteroatoms. The molecule has 1 aliphatic rings. The van der Waals surface area contributed by atoms with Gasteiger partial charge in [-0.25, -0.2) is 0 Å². The molecule has 1 aliphatic heterocycles. The average Bonchev–Trinajstić information content (AvgIpc) is 2.37. The summed E-state index contributed by atoms with van der Waals surface area (Å²) in [4.78, 5) is 4.95. The maximum Gasteiger partial charge on any atom is 0.253 e. The lowest BCUT2D eigenvalue weighted by atomic mass is 10.1. The molecule has 1 aromatic heterocycles. The second-order valence-corrected chi connectivity index (χ2v) is 5.73. The van der Waals surface area contributed by atoms with Crippen molar-refractivity contribution in [2.24, 2.45) is 0 Å². The van der Waals surface area contributed by atoms with E-state index in [1.807, 2.05) is 23.1 Å². The quantitative estimate of drug-likeness (QED) is 0.607. The van der Waals surface area contributed by atoms with E-state index in [-0.39, 0.29) is 0 Å². The second-order valence-electron chi connectivity index (χ2n) is 3.09. The van der Waals surface area contributed by atoms with Crippen LogP contribution in [0.15, 0.2) is 5.03 Å². The molecule has 0 aromatic carbocycles. The van der Waals surface area contributed by atoms with E-state index in [4.69, 9.17) is 0 Å². The molecule has 0 saturated carbocycles. The van der Waals surface area contributed by atoms with Crippen LogP contribution in [0.1, 0.15) is 29.7 Å². The van der Waals surface area contributed by atoms with E-state index < -0.39 is 0 Å². The Kier molecular flexibility index (Phi) is 1.72. The van der Waals surface area contributed by atoms with Crippen LogP contribution in [0.25, 0.3) is 0 Å². The number of H-pyrrole nitrogens is 1. The summed E-state index contributed by atoms with van der Waals surface area (Å²) in [5, 5.41) is 3.50. The van der Waals surface area contributed by atoms with Crippen molar-refractivity contribution >= 4 is 23.1 Å². The minimum atomic E-state index is 0.741. The van der Waals surface area contributed by atoms with Crippen molar-refractivity contribution in [2.45, 2.75) is 37.0 Å². The van der Waals surface area contributed by atoms with E-state index in [0.29, 0.717) is 0 Å². The Labute approximate surface area is 75.2 Å². The molecule has 60 valence electrons. The Morgan fingerprint density at radius 2 is 2.09 bits per heavy atom. The van der Waals surface area contributed by atoms with Gasteiger partial charge >= 0.3 is 0 Å². The number of hydrogen-bond donors (Lipinski definition) is 0. The Morgan fingerprint density at radius 3 is 2.73 bits per heavy atom. The zero-order valence-corrected chi connectivity index (χ0v) is 8.60. The zero-order valence-electron chi connectivity index (χ0n) is 6.97. The molecule has 1 nitrogen and oxygen atoms in total. The molecule has 0 radical (unpaired) electrons. The number of aromatic amines is 1. The van der Waals surface area contributed by atoms with Gasteiger partial charge in [-0.2, -0.15) is 4.98 Å². The first-order chi connectivity index (χ1) is 5.18. The Hall–Kier alpha value is -0.0200. The monoisotopic (exact) mass is 186 g/mol. The number of rotatable bonds is 0. The molecule has 0 saturated heterocycles. The van der Waals surface area contributed by atoms with Crippen LogP contribution in [-0.2, 0) is 0 Å². The van der Waals surface area contributed by atoms with Crippen molar-refractivity contribution in [3.05, 3.63) is 9.88 Å². The van der Waals surface area contributed by atoms with Crippen LogP contribution in [-0.4, -0.2) is 5.25 Å². The minimum absolute atomic E-state index is 0.741. The van der Waals surface area contributed by atoms with Crippen molar-refractivity contribution in [1.29, 1.82) is 0 Å². The largest absolute Gasteiger partial charge is 0.253 e. The van der Waals surface area contributed by atoms with E-state index in [9.17, 15) is 0 Å². The van der Waals surface area contributed by atoms with Gasteiger partial charge in [0, 0.05) is 18.1 Å². The fourth-order valence-corrected chi connectivity index (χ4v) is 4.01. The molecule has 0 bridgehead atoms. The molecule has 0 fully saturated rings. The van der Waals surface area contributed by atoms with Gasteiger partial charge in [0.25, 0.3) is 5.03 Å². The third-order valence-corrected chi connectivity index (χ3v) is 4.87. The summed E-state index contributed by atoms with van der Waals surface area (Å²) in [5.41, 5.74) is 0. The van der Waals surface area contributed by atoms with Gasteiger partial charge in [-0.1, -0.05) is 36.9 Å². The Morgan fingerprint density at radius 1 is 1.36 bits per heavy atom. The molecule has 1 aromatic rings. The molecule has 0 aliphatic carbocycles. The van der Waals surface area contributed by atoms with Crippen LogP contribution in [0, 0.1) is 6.92 Å². The Balaban J connectivity index is 2.44. The number of aromatic nitrogens is 1. The molecule has 0 amide bonds. The number of nitrogens with one attached hydrogen (secondary N) is 1. The highest BCUT2D eigenvalue weighted by Gasteiger charge is 2.34. The van der Waals surface area contributed by atoms with Gasteiger partial charge in [0.2, 0.25) is 5.01 Å². The van der Waals surface area contributed by atoms with Crippen LogP contribution >= 0.6 is 23.1 Å². The Bertz CT molecular complexity index is 280. The number of aryl methyl sites for hydroxylation is 1. The molecule has 2 heterocycles. The molecule has 0 spiro atoms. The van der Waals surface area contributed by atoms with E-state index in [0.717, 1.165) is 11.2 Å². The van der Waals surface area contributed by atoms with E-state index in [1.165, 1.54) is 10.0 Å². The van der Waals surface area contributed by atoms with Crippen molar-refractivity contribution in [3.63, 3.8) is 0 Å². The van der Waals surface area contributed by atoms with Crippen molar-refractivity contribution in [3.8, 4) is 0 Å². The summed E-state index contributed by atoms with van der Waals surface area (Å²) in [6, 6.07) is 0. The molecule has 1 N–H and O–H groups in total. The average molecular weight is 186 g/mol. The van der Waals surface area contributed by atoms with Crippen LogP contribution < -0.4 is 4.98 Å². The molecular weight excluding hydrogens is 174 g/mol. The maximum absolute atomic E-state index is 3.40. The van der Waals surface area contributed by atoms with E-state index >= 15 is 0 Å². The van der Waals surface area contributed by atoms with Gasteiger partial charge in [-0.05, 0) is 0 Å². The van der Waals surface area contributed by atoms with Crippen LogP contribution in [0.3, 0.4) is 0 Å². The van der Waals surface area contributed by atoms with Crippen LogP contribution in [0.2, 0.25) is 0 Å². The summed E-state index contributed by atoms with van der Waals surface area (Å²) < 4.78 is 0. The van der Waals surface area contributed by atoms with Crippen molar-refractivity contribution in [1.82, 2.24) is 0 Å². The van der Waals surface area contributed by atoms with Gasteiger partial charge in [-0.3, -0.25) is 0 Å². The SMILES string of the molecule is Cc1[nH+]c2c(s1)C(C)[C@@H](C)S2. The standard InChI is InChI=1S/C8H11NS2/c1-4-5(2)10-8-7(4)11-6(3)9-8/h4-5H,1-3H3/p+1/t4?,5-/m1/s1. The van der Waals surface area contributed by atoms with Crippen LogP contribution in [0.5, 0.6) is 0 Å². The highest BCUT2D eigenvalue weighted by Crippen LogP contribution is 2.45. The molecule has 2 rings (SSSR count). The lowest BCUT2D eigenvalue weighted by molar-refractivity contribution is -0.427. The van der Waals surface area contributed by atoms with Crippen molar-refractivity contribution < 1.29 is 4.98 Å². The fourth-order valence-electron chi connectivity index (χ4n) is 1.35. The molecular formula is C8H12NS2+. The summed E-state index contributed by atoms with van der Waals surface area (Å²) in [6.07, 6.45) is 0. The van der Waals surface area contributed by atoms with E-state index in [2.05, 4.69) is 25.8 Å². The van der Waals surface area contributed by atoms with Gasteiger partial charge in [0.1, 0.15) is 0 Å². The summed E-state index contributed by atoms with van der Waals surface area (Å²) in [7, 11) is 0. The van der Waals surface area contributed by atoms with Gasteiger partial charge < -0.3 is 0 Å². The highest BCUT2D eigenvalue weighted by atomic mass is 32.2. The first-order valence-electron chi connectivity index (χ1n) is 3.87. The van der Waals surface area contributed by atoms with Gasteiger partial charge in [0.05, 0.1) is 4.88 Å². The predicted octanol–water partition coefficient (Wildman–Crippen LogP) is 2.47. The number of thiazole rings is 1. The van der Waals surface area contributed by atoms with Gasteiger partial charge in [0.15, 0.2) is 0 Å². The first kappa shape index (κ1) is 7.62. The zero-order chi connectivity index (χ0) is 8.01. The van der Waals surface area contributed by atoms with Gasteiger partial charge in [-0.15, -0.1) is 0 Å².